The number of ether oxygens (including phenoxy) is 1. The van der Waals surface area contributed by atoms with Crippen LogP contribution in [-0.2, 0) is 24.3 Å². The summed E-state index contributed by atoms with van der Waals surface area (Å²) in [5, 5.41) is 1.42. The van der Waals surface area contributed by atoms with Crippen LogP contribution in [0.2, 0.25) is 0 Å². The van der Waals surface area contributed by atoms with Crippen molar-refractivity contribution < 1.29 is 22.7 Å². The number of amides is 1. The van der Waals surface area contributed by atoms with E-state index in [-0.39, 0.29) is 19.7 Å². The van der Waals surface area contributed by atoms with E-state index in [1.54, 1.807) is 31.2 Å². The Kier molecular flexibility index (Phi) is 4.43. The first-order valence-corrected chi connectivity index (χ1v) is 9.01. The number of hydrogen-bond acceptors (Lipinski definition) is 7. The molecule has 0 bridgehead atoms. The molecule has 1 saturated heterocycles. The van der Waals surface area contributed by atoms with Crippen LogP contribution in [0.4, 0.5) is 11.4 Å². The molecule has 1 fully saturated rings. The maximum absolute atomic E-state index is 13.1. The van der Waals surface area contributed by atoms with E-state index in [1.807, 2.05) is 0 Å². The van der Waals surface area contributed by atoms with Crippen molar-refractivity contribution in [2.45, 2.75) is 12.3 Å². The van der Waals surface area contributed by atoms with E-state index in [1.165, 1.54) is 0 Å². The highest BCUT2D eigenvalue weighted by Gasteiger charge is 2.47. The van der Waals surface area contributed by atoms with Gasteiger partial charge in [0.2, 0.25) is 5.91 Å². The Morgan fingerprint density at radius 2 is 2.12 bits per heavy atom. The molecule has 2 aliphatic rings. The SMILES string of the molecule is CCOC(=O)C1CNNC1S(=O)(=O)N1CC(=O)Nc2ccccc21. The molecular formula is C14H18N4O5S. The summed E-state index contributed by atoms with van der Waals surface area (Å²) in [5.74, 6) is -1.93. The van der Waals surface area contributed by atoms with Gasteiger partial charge in [-0.05, 0) is 19.1 Å². The lowest BCUT2D eigenvalue weighted by atomic mass is 10.2. The lowest BCUT2D eigenvalue weighted by Gasteiger charge is -2.32. The maximum Gasteiger partial charge on any atom is 0.313 e. The number of para-hydroxylation sites is 2. The van der Waals surface area contributed by atoms with Crippen LogP contribution in [0.1, 0.15) is 6.92 Å². The first-order chi connectivity index (χ1) is 11.4. The summed E-state index contributed by atoms with van der Waals surface area (Å²) in [6.07, 6.45) is 0. The molecule has 3 N–H and O–H groups in total. The lowest BCUT2D eigenvalue weighted by molar-refractivity contribution is -0.147. The summed E-state index contributed by atoms with van der Waals surface area (Å²) in [6, 6.07) is 6.61. The van der Waals surface area contributed by atoms with Crippen LogP contribution in [0.25, 0.3) is 0 Å². The summed E-state index contributed by atoms with van der Waals surface area (Å²) in [6.45, 7) is 1.61. The zero-order chi connectivity index (χ0) is 17.3. The van der Waals surface area contributed by atoms with Gasteiger partial charge in [0.25, 0.3) is 10.0 Å². The number of carbonyl (C=O) groups is 2. The van der Waals surface area contributed by atoms with E-state index in [0.717, 1.165) is 4.31 Å². The van der Waals surface area contributed by atoms with Crippen molar-refractivity contribution >= 4 is 33.3 Å². The third-order valence-electron chi connectivity index (χ3n) is 3.88. The molecule has 1 aromatic rings. The molecule has 2 heterocycles. The summed E-state index contributed by atoms with van der Waals surface area (Å²) in [7, 11) is -4.02. The van der Waals surface area contributed by atoms with Crippen molar-refractivity contribution in [2.75, 3.05) is 29.3 Å². The van der Waals surface area contributed by atoms with E-state index in [0.29, 0.717) is 11.4 Å². The average molecular weight is 354 g/mol. The summed E-state index contributed by atoms with van der Waals surface area (Å²) in [4.78, 5) is 23.9. The van der Waals surface area contributed by atoms with Crippen molar-refractivity contribution in [3.8, 4) is 0 Å². The Morgan fingerprint density at radius 1 is 1.38 bits per heavy atom. The smallest absolute Gasteiger partial charge is 0.313 e. The van der Waals surface area contributed by atoms with Gasteiger partial charge < -0.3 is 10.1 Å². The second-order valence-electron chi connectivity index (χ2n) is 5.42. The van der Waals surface area contributed by atoms with Crippen molar-refractivity contribution in [3.63, 3.8) is 0 Å². The van der Waals surface area contributed by atoms with Crippen molar-refractivity contribution in [1.82, 2.24) is 10.9 Å². The molecule has 2 aliphatic heterocycles. The zero-order valence-electron chi connectivity index (χ0n) is 13.0. The number of fused-ring (bicyclic) bond motifs is 1. The van der Waals surface area contributed by atoms with E-state index >= 15 is 0 Å². The number of carbonyl (C=O) groups excluding carboxylic acids is 2. The lowest BCUT2D eigenvalue weighted by Crippen LogP contribution is -2.52. The zero-order valence-corrected chi connectivity index (χ0v) is 13.8. The molecule has 1 amide bonds. The van der Waals surface area contributed by atoms with Gasteiger partial charge in [0, 0.05) is 6.54 Å². The highest BCUT2D eigenvalue weighted by Crippen LogP contribution is 2.33. The minimum Gasteiger partial charge on any atom is -0.466 e. The fourth-order valence-electron chi connectivity index (χ4n) is 2.78. The van der Waals surface area contributed by atoms with Crippen LogP contribution in [-0.4, -0.2) is 45.4 Å². The second-order valence-corrected chi connectivity index (χ2v) is 7.40. The van der Waals surface area contributed by atoms with E-state index < -0.39 is 33.2 Å². The van der Waals surface area contributed by atoms with Crippen LogP contribution < -0.4 is 20.5 Å². The maximum atomic E-state index is 13.1. The standard InChI is InChI=1S/C14H18N4O5S/c1-2-23-14(20)9-7-15-17-13(9)24(21,22)18-8-12(19)16-10-5-3-4-6-11(10)18/h3-6,9,13,15,17H,2,7-8H2,1H3,(H,16,19). The molecule has 0 spiro atoms. The molecule has 2 atom stereocenters. The Bertz CT molecular complexity index is 766. The molecule has 3 rings (SSSR count). The van der Waals surface area contributed by atoms with Crippen LogP contribution in [0.15, 0.2) is 24.3 Å². The highest BCUT2D eigenvalue weighted by atomic mass is 32.2. The third kappa shape index (κ3) is 2.83. The third-order valence-corrected chi connectivity index (χ3v) is 5.91. The molecule has 0 radical (unpaired) electrons. The van der Waals surface area contributed by atoms with E-state index in [4.69, 9.17) is 4.74 Å². The van der Waals surface area contributed by atoms with Gasteiger partial charge in [-0.2, -0.15) is 0 Å². The van der Waals surface area contributed by atoms with Gasteiger partial charge in [-0.25, -0.2) is 13.8 Å². The molecule has 2 unspecified atom stereocenters. The molecule has 0 aromatic heterocycles. The molecule has 24 heavy (non-hydrogen) atoms. The number of nitrogens with zero attached hydrogens (tertiary/aromatic N) is 1. The second kappa shape index (κ2) is 6.38. The number of rotatable bonds is 4. The average Bonchev–Trinajstić information content (AvgIpc) is 3.04. The normalized spacial score (nSPS) is 23.5. The minimum atomic E-state index is -4.02. The fourth-order valence-corrected chi connectivity index (χ4v) is 4.64. The Morgan fingerprint density at radius 3 is 2.88 bits per heavy atom. The number of anilines is 2. The molecular weight excluding hydrogens is 336 g/mol. The van der Waals surface area contributed by atoms with Crippen LogP contribution in [0, 0.1) is 5.92 Å². The molecule has 1 aromatic carbocycles. The van der Waals surface area contributed by atoms with Gasteiger partial charge in [-0.15, -0.1) is 0 Å². The Hall–Kier alpha value is -2.17. The van der Waals surface area contributed by atoms with Crippen molar-refractivity contribution in [3.05, 3.63) is 24.3 Å². The van der Waals surface area contributed by atoms with Gasteiger partial charge in [-0.3, -0.25) is 19.3 Å². The van der Waals surface area contributed by atoms with Gasteiger partial charge in [-0.1, -0.05) is 12.1 Å². The number of sulfonamides is 1. The minimum absolute atomic E-state index is 0.129. The van der Waals surface area contributed by atoms with Gasteiger partial charge in [0.15, 0.2) is 5.37 Å². The van der Waals surface area contributed by atoms with Gasteiger partial charge >= 0.3 is 5.97 Å². The van der Waals surface area contributed by atoms with Crippen LogP contribution in [0.5, 0.6) is 0 Å². The first-order valence-electron chi connectivity index (χ1n) is 7.50. The van der Waals surface area contributed by atoms with E-state index in [9.17, 15) is 18.0 Å². The number of hydrazine groups is 1. The Labute approximate surface area is 139 Å². The molecule has 130 valence electrons. The molecule has 10 heteroatoms. The van der Waals surface area contributed by atoms with Crippen LogP contribution >= 0.6 is 0 Å². The van der Waals surface area contributed by atoms with Gasteiger partial charge in [0.1, 0.15) is 12.5 Å². The predicted octanol–water partition coefficient (Wildman–Crippen LogP) is -0.612. The number of esters is 1. The monoisotopic (exact) mass is 354 g/mol. The molecule has 0 aliphatic carbocycles. The number of benzene rings is 1. The highest BCUT2D eigenvalue weighted by molar-refractivity contribution is 7.93. The topological polar surface area (TPSA) is 117 Å². The predicted molar refractivity (Wildman–Crippen MR) is 86.4 cm³/mol. The molecule has 9 nitrogen and oxygen atoms in total. The molecule has 0 saturated carbocycles. The van der Waals surface area contributed by atoms with Gasteiger partial charge in [0.05, 0.1) is 18.0 Å². The Balaban J connectivity index is 1.96. The first kappa shape index (κ1) is 16.7. The number of hydrogen-bond donors (Lipinski definition) is 3. The number of nitrogens with one attached hydrogen (secondary N) is 3. The summed E-state index contributed by atoms with van der Waals surface area (Å²) in [5.41, 5.74) is 6.08. The van der Waals surface area contributed by atoms with Crippen molar-refractivity contribution in [1.29, 1.82) is 0 Å². The summed E-state index contributed by atoms with van der Waals surface area (Å²) < 4.78 is 32.1. The van der Waals surface area contributed by atoms with Crippen LogP contribution in [0.3, 0.4) is 0 Å². The van der Waals surface area contributed by atoms with Crippen molar-refractivity contribution in [2.24, 2.45) is 5.92 Å². The largest absolute Gasteiger partial charge is 0.466 e. The fraction of sp³-hybridized carbons (Fsp3) is 0.429. The van der Waals surface area contributed by atoms with E-state index in [2.05, 4.69) is 16.2 Å². The quantitative estimate of drug-likeness (QED) is 0.618. The summed E-state index contributed by atoms with van der Waals surface area (Å²) >= 11 is 0.